The number of hydrogen-bond donors (Lipinski definition) is 1. The lowest BCUT2D eigenvalue weighted by Gasteiger charge is -2.22. The van der Waals surface area contributed by atoms with E-state index >= 15 is 0 Å². The number of rotatable bonds is 6. The molecule has 0 amide bonds. The lowest BCUT2D eigenvalue weighted by molar-refractivity contribution is -0.148. The predicted molar refractivity (Wildman–Crippen MR) is 101 cm³/mol. The first-order chi connectivity index (χ1) is 11.3. The molecule has 0 radical (unpaired) electrons. The summed E-state index contributed by atoms with van der Waals surface area (Å²) < 4.78 is 42.2. The Morgan fingerprint density at radius 1 is 1.12 bits per heavy atom. The van der Waals surface area contributed by atoms with Gasteiger partial charge in [0.25, 0.3) is 10.1 Å². The molecule has 0 aliphatic rings. The van der Waals surface area contributed by atoms with Crippen LogP contribution in [0.25, 0.3) is 0 Å². The van der Waals surface area contributed by atoms with Gasteiger partial charge in [-0.1, -0.05) is 15.9 Å². The zero-order valence-corrected chi connectivity index (χ0v) is 18.5. The molecule has 138 valence electrons. The number of carbonyl (C=O) groups is 2. The summed E-state index contributed by atoms with van der Waals surface area (Å²) in [7, 11) is -4.32. The maximum atomic E-state index is 11.8. The zero-order valence-electron chi connectivity index (χ0n) is 13.0. The first kappa shape index (κ1) is 22.3. The van der Waals surface area contributed by atoms with Gasteiger partial charge in [0.05, 0.1) is 8.95 Å². The third-order valence-electron chi connectivity index (χ3n) is 2.43. The smallest absolute Gasteiger partial charge is 0.336 e. The Morgan fingerprint density at radius 2 is 1.60 bits per heavy atom. The Labute approximate surface area is 169 Å². The van der Waals surface area contributed by atoms with E-state index < -0.39 is 33.4 Å². The van der Waals surface area contributed by atoms with E-state index in [0.29, 0.717) is 8.95 Å². The van der Waals surface area contributed by atoms with Crippen molar-refractivity contribution >= 4 is 69.8 Å². The maximum absolute atomic E-state index is 11.8. The van der Waals surface area contributed by atoms with Gasteiger partial charge in [-0.05, 0) is 57.8 Å². The molecule has 1 N–H and O–H groups in total. The molecule has 0 aromatic heterocycles. The van der Waals surface area contributed by atoms with Crippen LogP contribution < -0.4 is 4.74 Å². The van der Waals surface area contributed by atoms with Crippen LogP contribution in [0, 0.1) is 0 Å². The van der Waals surface area contributed by atoms with Crippen LogP contribution in [0.2, 0.25) is 0 Å². The highest BCUT2D eigenvalue weighted by Crippen LogP contribution is 2.36. The summed E-state index contributed by atoms with van der Waals surface area (Å²) in [6.07, 6.45) is 1.64. The molecule has 11 heteroatoms. The van der Waals surface area contributed by atoms with Gasteiger partial charge in [-0.2, -0.15) is 8.42 Å². The van der Waals surface area contributed by atoms with Crippen LogP contribution in [0.4, 0.5) is 0 Å². The maximum Gasteiger partial charge on any atom is 0.336 e. The lowest BCUT2D eigenvalue weighted by Crippen LogP contribution is -2.35. The summed E-state index contributed by atoms with van der Waals surface area (Å²) in [6, 6.07) is 3.34. The molecule has 0 unspecified atom stereocenters. The molecule has 0 spiro atoms. The topological polar surface area (TPSA) is 107 Å². The third kappa shape index (κ3) is 8.45. The van der Waals surface area contributed by atoms with Gasteiger partial charge < -0.3 is 9.47 Å². The van der Waals surface area contributed by atoms with Crippen molar-refractivity contribution in [2.24, 2.45) is 0 Å². The van der Waals surface area contributed by atoms with E-state index in [0.717, 1.165) is 16.6 Å². The van der Waals surface area contributed by atoms with Crippen LogP contribution in [0.15, 0.2) is 37.7 Å². The number of esters is 2. The lowest BCUT2D eigenvalue weighted by atomic mass is 10.2. The molecule has 0 saturated carbocycles. The summed E-state index contributed by atoms with van der Waals surface area (Å²) in [4.78, 5) is 23.5. The molecule has 0 bridgehead atoms. The normalized spacial score (nSPS) is 12.2. The van der Waals surface area contributed by atoms with Gasteiger partial charge in [-0.3, -0.25) is 4.55 Å². The molecule has 0 heterocycles. The number of ether oxygens (including phenoxy) is 2. The van der Waals surface area contributed by atoms with Gasteiger partial charge in [0.15, 0.2) is 5.75 Å². The Kier molecular flexibility index (Phi) is 7.81. The molecule has 1 rings (SSSR count). The molecule has 0 atom stereocenters. The number of hydrogen-bond acceptors (Lipinski definition) is 6. The van der Waals surface area contributed by atoms with Gasteiger partial charge in [-0.15, -0.1) is 0 Å². The van der Waals surface area contributed by atoms with E-state index in [1.807, 2.05) is 0 Å². The van der Waals surface area contributed by atoms with E-state index in [1.54, 1.807) is 12.1 Å². The van der Waals surface area contributed by atoms with Crippen LogP contribution >= 0.6 is 47.8 Å². The predicted octanol–water partition coefficient (Wildman–Crippen LogP) is 3.65. The minimum atomic E-state index is -4.32. The van der Waals surface area contributed by atoms with Gasteiger partial charge in [-0.25, -0.2) is 9.59 Å². The largest absolute Gasteiger partial charge is 0.455 e. The average molecular weight is 565 g/mol. The summed E-state index contributed by atoms with van der Waals surface area (Å²) in [5.41, 5.74) is -1.46. The van der Waals surface area contributed by atoms with Gasteiger partial charge in [0, 0.05) is 16.6 Å². The van der Waals surface area contributed by atoms with E-state index in [9.17, 15) is 18.0 Å². The summed E-state index contributed by atoms with van der Waals surface area (Å²) in [5.74, 6) is -2.35. The average Bonchev–Trinajstić information content (AvgIpc) is 2.37. The Morgan fingerprint density at radius 3 is 2.08 bits per heavy atom. The molecule has 0 fully saturated rings. The number of halogens is 3. The van der Waals surface area contributed by atoms with Crippen molar-refractivity contribution in [3.05, 3.63) is 37.7 Å². The van der Waals surface area contributed by atoms with E-state index in [1.165, 1.54) is 13.8 Å². The molecule has 1 aromatic carbocycles. The second kappa shape index (κ2) is 8.76. The summed E-state index contributed by atoms with van der Waals surface area (Å²) in [5, 5.41) is 0. The van der Waals surface area contributed by atoms with E-state index in [4.69, 9.17) is 14.0 Å². The Balaban J connectivity index is 2.73. The van der Waals surface area contributed by atoms with Crippen molar-refractivity contribution in [1.29, 1.82) is 0 Å². The van der Waals surface area contributed by atoms with Gasteiger partial charge in [0.2, 0.25) is 0 Å². The van der Waals surface area contributed by atoms with E-state index in [-0.39, 0.29) is 5.75 Å². The summed E-state index contributed by atoms with van der Waals surface area (Å²) in [6.45, 7) is 2.61. The standard InChI is InChI=1S/C14H13Br3O7S/c1-14(2,7-25(20,21)22)24-12(19)4-3-11(18)23-13-9(16)5-8(15)6-10(13)17/h3-6H,7H2,1-2H3,(H,20,21,22)/b4-3+. The highest BCUT2D eigenvalue weighted by atomic mass is 79.9. The first-order valence-electron chi connectivity index (χ1n) is 6.52. The van der Waals surface area contributed by atoms with Crippen LogP contribution in [-0.2, 0) is 24.4 Å². The van der Waals surface area contributed by atoms with Crippen LogP contribution in [0.1, 0.15) is 13.8 Å². The number of carbonyl (C=O) groups excluding carboxylic acids is 2. The zero-order chi connectivity index (χ0) is 19.4. The Bertz CT molecular complexity index is 793. The second-order valence-corrected chi connectivity index (χ2v) is 9.44. The minimum absolute atomic E-state index is 0.220. The highest BCUT2D eigenvalue weighted by Gasteiger charge is 2.28. The molecule has 7 nitrogen and oxygen atoms in total. The molecule has 0 aliphatic carbocycles. The molecular weight excluding hydrogens is 552 g/mol. The SMILES string of the molecule is CC(C)(CS(=O)(=O)O)OC(=O)/C=C/C(=O)Oc1c(Br)cc(Br)cc1Br. The fourth-order valence-electron chi connectivity index (χ4n) is 1.67. The Hall–Kier alpha value is -0.750. The monoisotopic (exact) mass is 562 g/mol. The first-order valence-corrected chi connectivity index (χ1v) is 10.5. The molecule has 0 saturated heterocycles. The van der Waals surface area contributed by atoms with Crippen molar-refractivity contribution in [1.82, 2.24) is 0 Å². The van der Waals surface area contributed by atoms with E-state index in [2.05, 4.69) is 47.8 Å². The van der Waals surface area contributed by atoms with Crippen LogP contribution in [-0.4, -0.2) is 36.3 Å². The van der Waals surface area contributed by atoms with Crippen LogP contribution in [0.3, 0.4) is 0 Å². The van der Waals surface area contributed by atoms with Crippen molar-refractivity contribution in [2.75, 3.05) is 5.75 Å². The second-order valence-electron chi connectivity index (χ2n) is 5.36. The van der Waals surface area contributed by atoms with Crippen molar-refractivity contribution < 1.29 is 32.0 Å². The summed E-state index contributed by atoms with van der Waals surface area (Å²) >= 11 is 9.76. The molecule has 1 aromatic rings. The van der Waals surface area contributed by atoms with Crippen molar-refractivity contribution in [3.8, 4) is 5.75 Å². The van der Waals surface area contributed by atoms with Gasteiger partial charge >= 0.3 is 11.9 Å². The number of benzene rings is 1. The fourth-order valence-corrected chi connectivity index (χ4v) is 5.03. The minimum Gasteiger partial charge on any atom is -0.455 e. The molecular formula is C14H13Br3O7S. The van der Waals surface area contributed by atoms with Gasteiger partial charge in [0.1, 0.15) is 11.4 Å². The highest BCUT2D eigenvalue weighted by molar-refractivity contribution is 9.11. The molecule has 25 heavy (non-hydrogen) atoms. The van der Waals surface area contributed by atoms with Crippen LogP contribution in [0.5, 0.6) is 5.75 Å². The van der Waals surface area contributed by atoms with Crippen molar-refractivity contribution in [3.63, 3.8) is 0 Å². The molecule has 0 aliphatic heterocycles. The van der Waals surface area contributed by atoms with Crippen molar-refractivity contribution in [2.45, 2.75) is 19.4 Å². The third-order valence-corrected chi connectivity index (χ3v) is 5.12. The fraction of sp³-hybridized carbons (Fsp3) is 0.286. The quantitative estimate of drug-likeness (QED) is 0.243.